The van der Waals surface area contributed by atoms with E-state index in [9.17, 15) is 13.2 Å². The molecular weight excluding hydrogens is 316 g/mol. The molecule has 0 bridgehead atoms. The van der Waals surface area contributed by atoms with E-state index in [1.807, 2.05) is 24.3 Å². The summed E-state index contributed by atoms with van der Waals surface area (Å²) in [5.41, 5.74) is 1.24. The molecule has 23 heavy (non-hydrogen) atoms. The summed E-state index contributed by atoms with van der Waals surface area (Å²) in [6.07, 6.45) is 0. The average molecular weight is 334 g/mol. The van der Waals surface area contributed by atoms with E-state index in [0.717, 1.165) is 5.56 Å². The Hall–Kier alpha value is -2.38. The monoisotopic (exact) mass is 334 g/mol. The fraction of sp³-hybridized carbons (Fsp3) is 0.188. The number of carbonyl (C=O) groups is 1. The predicted octanol–water partition coefficient (Wildman–Crippen LogP) is 1.53. The molecule has 0 heterocycles. The average Bonchev–Trinajstić information content (AvgIpc) is 2.60. The van der Waals surface area contributed by atoms with Crippen molar-refractivity contribution < 1.29 is 17.9 Å². The van der Waals surface area contributed by atoms with Crippen molar-refractivity contribution in [2.24, 2.45) is 0 Å². The van der Waals surface area contributed by atoms with Crippen LogP contribution in [0.3, 0.4) is 0 Å². The lowest BCUT2D eigenvalue weighted by molar-refractivity contribution is 0.0950. The van der Waals surface area contributed by atoms with E-state index >= 15 is 0 Å². The summed E-state index contributed by atoms with van der Waals surface area (Å²) < 4.78 is 30.7. The number of carbonyl (C=O) groups excluding carboxylic acids is 1. The topological polar surface area (TPSA) is 84.5 Å². The highest BCUT2D eigenvalue weighted by Crippen LogP contribution is 2.17. The van der Waals surface area contributed by atoms with Crippen molar-refractivity contribution in [3.8, 4) is 5.75 Å². The fourth-order valence-corrected chi connectivity index (χ4v) is 2.76. The van der Waals surface area contributed by atoms with Crippen LogP contribution in [0.1, 0.15) is 15.9 Å². The van der Waals surface area contributed by atoms with Crippen LogP contribution >= 0.6 is 0 Å². The van der Waals surface area contributed by atoms with E-state index < -0.39 is 10.0 Å². The number of methoxy groups -OCH3 is 1. The Balaban J connectivity index is 2.07. The van der Waals surface area contributed by atoms with Gasteiger partial charge in [-0.2, -0.15) is 0 Å². The van der Waals surface area contributed by atoms with E-state index in [1.54, 1.807) is 7.11 Å². The second-order valence-electron chi connectivity index (χ2n) is 4.73. The van der Waals surface area contributed by atoms with Crippen LogP contribution in [0.4, 0.5) is 0 Å². The molecule has 122 valence electrons. The number of nitrogens with one attached hydrogen (secondary N) is 2. The standard InChI is InChI=1S/C16H18N2O4S/c1-17-23(20,21)14-9-7-12(8-10-14)16(19)18-11-13-5-3-4-6-15(13)22-2/h3-10,17H,11H2,1-2H3,(H,18,19). The van der Waals surface area contributed by atoms with Gasteiger partial charge in [0, 0.05) is 17.7 Å². The van der Waals surface area contributed by atoms with Gasteiger partial charge in [-0.05, 0) is 37.4 Å². The van der Waals surface area contributed by atoms with Crippen LogP contribution in [0.2, 0.25) is 0 Å². The Bertz CT molecular complexity index is 786. The normalized spacial score (nSPS) is 11.0. The van der Waals surface area contributed by atoms with Crippen molar-refractivity contribution in [1.29, 1.82) is 0 Å². The molecule has 0 aliphatic rings. The minimum Gasteiger partial charge on any atom is -0.496 e. The van der Waals surface area contributed by atoms with E-state index in [2.05, 4.69) is 10.0 Å². The van der Waals surface area contributed by atoms with Crippen molar-refractivity contribution in [2.45, 2.75) is 11.4 Å². The Morgan fingerprint density at radius 2 is 1.74 bits per heavy atom. The van der Waals surface area contributed by atoms with Gasteiger partial charge in [0.25, 0.3) is 5.91 Å². The van der Waals surface area contributed by atoms with Crippen LogP contribution in [0.5, 0.6) is 5.75 Å². The Labute approximate surface area is 135 Å². The van der Waals surface area contributed by atoms with Gasteiger partial charge in [0.1, 0.15) is 5.75 Å². The molecule has 0 saturated heterocycles. The van der Waals surface area contributed by atoms with Crippen molar-refractivity contribution in [2.75, 3.05) is 14.2 Å². The number of para-hydroxylation sites is 1. The molecule has 0 radical (unpaired) electrons. The number of amides is 1. The summed E-state index contributed by atoms with van der Waals surface area (Å²) in [6, 6.07) is 13.1. The van der Waals surface area contributed by atoms with Crippen LogP contribution < -0.4 is 14.8 Å². The predicted molar refractivity (Wildman–Crippen MR) is 86.9 cm³/mol. The molecule has 2 aromatic carbocycles. The van der Waals surface area contributed by atoms with Gasteiger partial charge in [0.2, 0.25) is 10.0 Å². The number of hydrogen-bond acceptors (Lipinski definition) is 4. The number of rotatable bonds is 6. The molecular formula is C16H18N2O4S. The minimum absolute atomic E-state index is 0.112. The highest BCUT2D eigenvalue weighted by atomic mass is 32.2. The molecule has 2 rings (SSSR count). The smallest absolute Gasteiger partial charge is 0.251 e. The quantitative estimate of drug-likeness (QED) is 0.839. The van der Waals surface area contributed by atoms with Crippen LogP contribution in [-0.4, -0.2) is 28.5 Å². The number of hydrogen-bond donors (Lipinski definition) is 2. The zero-order valence-electron chi connectivity index (χ0n) is 12.9. The Kier molecular flexibility index (Phi) is 5.36. The van der Waals surface area contributed by atoms with Gasteiger partial charge in [-0.15, -0.1) is 0 Å². The first-order valence-corrected chi connectivity index (χ1v) is 8.40. The van der Waals surface area contributed by atoms with Crippen molar-refractivity contribution in [1.82, 2.24) is 10.0 Å². The number of sulfonamides is 1. The third-order valence-electron chi connectivity index (χ3n) is 3.33. The lowest BCUT2D eigenvalue weighted by atomic mass is 10.2. The van der Waals surface area contributed by atoms with Crippen LogP contribution in [-0.2, 0) is 16.6 Å². The molecule has 0 aromatic heterocycles. The molecule has 2 N–H and O–H groups in total. The third-order valence-corrected chi connectivity index (χ3v) is 4.76. The second-order valence-corrected chi connectivity index (χ2v) is 6.61. The highest BCUT2D eigenvalue weighted by molar-refractivity contribution is 7.89. The molecule has 0 unspecified atom stereocenters. The molecule has 0 aliphatic carbocycles. The second kappa shape index (κ2) is 7.26. The first kappa shape index (κ1) is 17.0. The van der Waals surface area contributed by atoms with Gasteiger partial charge >= 0.3 is 0 Å². The minimum atomic E-state index is -3.50. The van der Waals surface area contributed by atoms with Crippen LogP contribution in [0.25, 0.3) is 0 Å². The van der Waals surface area contributed by atoms with Crippen LogP contribution in [0, 0.1) is 0 Å². The zero-order chi connectivity index (χ0) is 16.9. The summed E-state index contributed by atoms with van der Waals surface area (Å²) in [5.74, 6) is 0.410. The van der Waals surface area contributed by atoms with Gasteiger partial charge in [0.15, 0.2) is 0 Å². The first-order valence-electron chi connectivity index (χ1n) is 6.91. The lowest BCUT2D eigenvalue weighted by Gasteiger charge is -2.10. The summed E-state index contributed by atoms with van der Waals surface area (Å²) >= 11 is 0. The van der Waals surface area contributed by atoms with Gasteiger partial charge in [0.05, 0.1) is 12.0 Å². The van der Waals surface area contributed by atoms with E-state index in [1.165, 1.54) is 31.3 Å². The Morgan fingerprint density at radius 3 is 2.35 bits per heavy atom. The van der Waals surface area contributed by atoms with E-state index in [4.69, 9.17) is 4.74 Å². The summed E-state index contributed by atoms with van der Waals surface area (Å²) in [7, 11) is -0.596. The van der Waals surface area contributed by atoms with E-state index in [-0.39, 0.29) is 10.8 Å². The zero-order valence-corrected chi connectivity index (χ0v) is 13.7. The number of ether oxygens (including phenoxy) is 1. The maximum Gasteiger partial charge on any atom is 0.251 e. The van der Waals surface area contributed by atoms with Gasteiger partial charge in [-0.1, -0.05) is 18.2 Å². The van der Waals surface area contributed by atoms with Gasteiger partial charge < -0.3 is 10.1 Å². The Morgan fingerprint density at radius 1 is 1.09 bits per heavy atom. The fourth-order valence-electron chi connectivity index (χ4n) is 2.03. The molecule has 0 fully saturated rings. The molecule has 0 saturated carbocycles. The maximum atomic E-state index is 12.1. The molecule has 1 amide bonds. The molecule has 6 nitrogen and oxygen atoms in total. The van der Waals surface area contributed by atoms with Crippen molar-refractivity contribution in [3.05, 3.63) is 59.7 Å². The third kappa shape index (κ3) is 4.08. The highest BCUT2D eigenvalue weighted by Gasteiger charge is 2.13. The van der Waals surface area contributed by atoms with Gasteiger partial charge in [-0.25, -0.2) is 13.1 Å². The molecule has 7 heteroatoms. The maximum absolute atomic E-state index is 12.1. The largest absolute Gasteiger partial charge is 0.496 e. The molecule has 2 aromatic rings. The molecule has 0 aliphatic heterocycles. The SMILES string of the molecule is CNS(=O)(=O)c1ccc(C(=O)NCc2ccccc2OC)cc1. The summed E-state index contributed by atoms with van der Waals surface area (Å²) in [4.78, 5) is 12.2. The van der Waals surface area contributed by atoms with Gasteiger partial charge in [-0.3, -0.25) is 4.79 Å². The number of benzene rings is 2. The first-order chi connectivity index (χ1) is 11.0. The lowest BCUT2D eigenvalue weighted by Crippen LogP contribution is -2.23. The van der Waals surface area contributed by atoms with Crippen molar-refractivity contribution >= 4 is 15.9 Å². The summed E-state index contributed by atoms with van der Waals surface area (Å²) in [6.45, 7) is 0.319. The molecule has 0 atom stereocenters. The van der Waals surface area contributed by atoms with Crippen LogP contribution in [0.15, 0.2) is 53.4 Å². The summed E-state index contributed by atoms with van der Waals surface area (Å²) in [5, 5.41) is 2.78. The van der Waals surface area contributed by atoms with E-state index in [0.29, 0.717) is 17.9 Å². The van der Waals surface area contributed by atoms with Crippen molar-refractivity contribution in [3.63, 3.8) is 0 Å². The molecule has 0 spiro atoms.